The highest BCUT2D eigenvalue weighted by Gasteiger charge is 2.27. The van der Waals surface area contributed by atoms with Gasteiger partial charge in [-0.2, -0.15) is 0 Å². The van der Waals surface area contributed by atoms with Crippen LogP contribution in [-0.2, 0) is 4.79 Å². The number of likely N-dealkylation sites (tertiary alicyclic amines) is 2. The Morgan fingerprint density at radius 2 is 2.00 bits per heavy atom. The van der Waals surface area contributed by atoms with E-state index < -0.39 is 0 Å². The largest absolute Gasteiger partial charge is 0.342 e. The van der Waals surface area contributed by atoms with Crippen molar-refractivity contribution in [2.45, 2.75) is 38.5 Å². The van der Waals surface area contributed by atoms with Crippen molar-refractivity contribution in [3.05, 3.63) is 0 Å². The summed E-state index contributed by atoms with van der Waals surface area (Å²) < 4.78 is 0. The van der Waals surface area contributed by atoms with Crippen LogP contribution in [0.25, 0.3) is 0 Å². The molecule has 2 rings (SSSR count). The zero-order chi connectivity index (χ0) is 13.5. The minimum absolute atomic E-state index is 0.358. The van der Waals surface area contributed by atoms with Crippen LogP contribution in [0.2, 0.25) is 0 Å². The lowest BCUT2D eigenvalue weighted by Crippen LogP contribution is -2.36. The third kappa shape index (κ3) is 4.77. The lowest BCUT2D eigenvalue weighted by Gasteiger charge is -2.29. The lowest BCUT2D eigenvalue weighted by molar-refractivity contribution is -0.130. The second-order valence-electron chi connectivity index (χ2n) is 6.06. The van der Waals surface area contributed by atoms with E-state index in [1.165, 1.54) is 45.3 Å². The molecule has 0 radical (unpaired) electrons. The molecule has 4 nitrogen and oxygen atoms in total. The number of carbonyl (C=O) groups excluding carboxylic acids is 1. The molecule has 0 bridgehead atoms. The summed E-state index contributed by atoms with van der Waals surface area (Å²) in [6, 6.07) is 0. The molecule has 1 atom stereocenters. The highest BCUT2D eigenvalue weighted by atomic mass is 16.2. The van der Waals surface area contributed by atoms with Crippen molar-refractivity contribution >= 4 is 5.91 Å². The molecule has 1 N–H and O–H groups in total. The maximum absolute atomic E-state index is 12.0. The van der Waals surface area contributed by atoms with E-state index in [1.807, 2.05) is 7.05 Å². The van der Waals surface area contributed by atoms with E-state index in [2.05, 4.69) is 15.1 Å². The predicted molar refractivity (Wildman–Crippen MR) is 78.1 cm³/mol. The Labute approximate surface area is 117 Å². The fraction of sp³-hybridized carbons (Fsp3) is 0.933. The van der Waals surface area contributed by atoms with E-state index in [4.69, 9.17) is 0 Å². The molecule has 0 aliphatic carbocycles. The van der Waals surface area contributed by atoms with E-state index in [-0.39, 0.29) is 0 Å². The fourth-order valence-corrected chi connectivity index (χ4v) is 3.29. The molecule has 1 amide bonds. The summed E-state index contributed by atoms with van der Waals surface area (Å²) in [6.45, 7) is 6.67. The Kier molecular flexibility index (Phi) is 6.11. The van der Waals surface area contributed by atoms with E-state index in [0.717, 1.165) is 26.1 Å². The number of carbonyl (C=O) groups is 1. The normalized spacial score (nSPS) is 24.9. The van der Waals surface area contributed by atoms with Gasteiger partial charge in [-0.25, -0.2) is 0 Å². The van der Waals surface area contributed by atoms with Gasteiger partial charge in [0.1, 0.15) is 0 Å². The third-order valence-corrected chi connectivity index (χ3v) is 4.42. The van der Waals surface area contributed by atoms with Crippen LogP contribution < -0.4 is 5.32 Å². The van der Waals surface area contributed by atoms with Gasteiger partial charge >= 0.3 is 0 Å². The third-order valence-electron chi connectivity index (χ3n) is 4.42. The molecule has 4 heteroatoms. The molecule has 110 valence electrons. The smallest absolute Gasteiger partial charge is 0.222 e. The minimum Gasteiger partial charge on any atom is -0.342 e. The summed E-state index contributed by atoms with van der Waals surface area (Å²) in [4.78, 5) is 16.7. The molecule has 0 saturated carbocycles. The molecule has 2 fully saturated rings. The summed E-state index contributed by atoms with van der Waals surface area (Å²) in [5.74, 6) is 1.07. The topological polar surface area (TPSA) is 35.6 Å². The molecule has 2 aliphatic heterocycles. The Bertz CT molecular complexity index is 277. The van der Waals surface area contributed by atoms with Gasteiger partial charge in [-0.3, -0.25) is 4.79 Å². The van der Waals surface area contributed by atoms with Gasteiger partial charge in [-0.05, 0) is 58.3 Å². The van der Waals surface area contributed by atoms with Crippen molar-refractivity contribution in [3.63, 3.8) is 0 Å². The number of nitrogens with one attached hydrogen (secondary N) is 1. The Morgan fingerprint density at radius 3 is 2.74 bits per heavy atom. The van der Waals surface area contributed by atoms with Gasteiger partial charge in [-0.15, -0.1) is 0 Å². The number of hydrogen-bond acceptors (Lipinski definition) is 3. The standard InChI is InChI=1S/C15H29N3O/c1-16-8-5-6-15(19)18-11-7-14(13-18)12-17-9-3-2-4-10-17/h14,16H,2-13H2,1H3. The summed E-state index contributed by atoms with van der Waals surface area (Å²) in [6.07, 6.45) is 6.99. The van der Waals surface area contributed by atoms with Crippen molar-refractivity contribution < 1.29 is 4.79 Å². The molecular formula is C15H29N3O. The van der Waals surface area contributed by atoms with E-state index in [9.17, 15) is 4.79 Å². The molecular weight excluding hydrogens is 238 g/mol. The monoisotopic (exact) mass is 267 g/mol. The number of nitrogens with zero attached hydrogens (tertiary/aromatic N) is 2. The van der Waals surface area contributed by atoms with Gasteiger partial charge in [-0.1, -0.05) is 6.42 Å². The highest BCUT2D eigenvalue weighted by molar-refractivity contribution is 5.76. The van der Waals surface area contributed by atoms with Crippen molar-refractivity contribution in [2.75, 3.05) is 46.3 Å². The minimum atomic E-state index is 0.358. The van der Waals surface area contributed by atoms with Crippen molar-refractivity contribution in [1.82, 2.24) is 15.1 Å². The maximum Gasteiger partial charge on any atom is 0.222 e. The molecule has 19 heavy (non-hydrogen) atoms. The van der Waals surface area contributed by atoms with Gasteiger partial charge in [0.05, 0.1) is 0 Å². The van der Waals surface area contributed by atoms with Gasteiger partial charge in [0, 0.05) is 26.1 Å². The Hall–Kier alpha value is -0.610. The van der Waals surface area contributed by atoms with Crippen LogP contribution in [0.5, 0.6) is 0 Å². The van der Waals surface area contributed by atoms with Crippen LogP contribution in [0, 0.1) is 5.92 Å². The predicted octanol–water partition coefficient (Wildman–Crippen LogP) is 1.32. The van der Waals surface area contributed by atoms with Gasteiger partial charge in [0.15, 0.2) is 0 Å². The molecule has 2 saturated heterocycles. The van der Waals surface area contributed by atoms with Crippen molar-refractivity contribution in [1.29, 1.82) is 0 Å². The summed E-state index contributed by atoms with van der Waals surface area (Å²) in [5.41, 5.74) is 0. The fourth-order valence-electron chi connectivity index (χ4n) is 3.29. The van der Waals surface area contributed by atoms with Gasteiger partial charge in [0.25, 0.3) is 0 Å². The van der Waals surface area contributed by atoms with Crippen molar-refractivity contribution in [2.24, 2.45) is 5.92 Å². The molecule has 0 spiro atoms. The maximum atomic E-state index is 12.0. The number of piperidine rings is 1. The molecule has 2 aliphatic rings. The Morgan fingerprint density at radius 1 is 1.21 bits per heavy atom. The van der Waals surface area contributed by atoms with Crippen LogP contribution in [0.15, 0.2) is 0 Å². The first-order valence-corrected chi connectivity index (χ1v) is 7.94. The SMILES string of the molecule is CNCCCC(=O)N1CCC(CN2CCCCC2)C1. The van der Waals surface area contributed by atoms with Crippen molar-refractivity contribution in [3.8, 4) is 0 Å². The zero-order valence-electron chi connectivity index (χ0n) is 12.4. The molecule has 1 unspecified atom stereocenters. The van der Waals surface area contributed by atoms with Crippen LogP contribution in [0.4, 0.5) is 0 Å². The van der Waals surface area contributed by atoms with Crippen LogP contribution >= 0.6 is 0 Å². The van der Waals surface area contributed by atoms with Crippen LogP contribution in [0.3, 0.4) is 0 Å². The summed E-state index contributed by atoms with van der Waals surface area (Å²) in [7, 11) is 1.94. The molecule has 0 aromatic heterocycles. The summed E-state index contributed by atoms with van der Waals surface area (Å²) >= 11 is 0. The number of amides is 1. The number of rotatable bonds is 6. The highest BCUT2D eigenvalue weighted by Crippen LogP contribution is 2.20. The quantitative estimate of drug-likeness (QED) is 0.737. The summed E-state index contributed by atoms with van der Waals surface area (Å²) in [5, 5.41) is 3.10. The van der Waals surface area contributed by atoms with E-state index in [1.54, 1.807) is 0 Å². The van der Waals surface area contributed by atoms with E-state index in [0.29, 0.717) is 18.2 Å². The second-order valence-corrected chi connectivity index (χ2v) is 6.06. The van der Waals surface area contributed by atoms with E-state index >= 15 is 0 Å². The average molecular weight is 267 g/mol. The van der Waals surface area contributed by atoms with Crippen LogP contribution in [-0.4, -0.2) is 62.0 Å². The first-order chi connectivity index (χ1) is 9.29. The number of hydrogen-bond donors (Lipinski definition) is 1. The van der Waals surface area contributed by atoms with Crippen LogP contribution in [0.1, 0.15) is 38.5 Å². The first kappa shape index (κ1) is 14.8. The lowest BCUT2D eigenvalue weighted by atomic mass is 10.1. The van der Waals surface area contributed by atoms with Gasteiger partial charge in [0.2, 0.25) is 5.91 Å². The molecule has 0 aromatic carbocycles. The first-order valence-electron chi connectivity index (χ1n) is 7.94. The molecule has 2 heterocycles. The second kappa shape index (κ2) is 7.85. The Balaban J connectivity index is 1.65. The average Bonchev–Trinajstić information content (AvgIpc) is 2.89. The van der Waals surface area contributed by atoms with Gasteiger partial charge < -0.3 is 15.1 Å². The molecule has 0 aromatic rings. The zero-order valence-corrected chi connectivity index (χ0v) is 12.4.